The number of fused-ring (bicyclic) bond motifs is 8. The number of benzene rings is 4. The molecule has 0 fully saturated rings. The molecule has 182 valence electrons. The summed E-state index contributed by atoms with van der Waals surface area (Å²) in [5, 5.41) is 1.05. The van der Waals surface area contributed by atoms with Gasteiger partial charge in [0.1, 0.15) is 0 Å². The van der Waals surface area contributed by atoms with Crippen molar-refractivity contribution in [3.63, 3.8) is 0 Å². The first-order valence-electron chi connectivity index (χ1n) is 11.4. The fourth-order valence-corrected chi connectivity index (χ4v) is 12.4. The van der Waals surface area contributed by atoms with Crippen LogP contribution in [0, 0.1) is 3.57 Å². The van der Waals surface area contributed by atoms with Crippen LogP contribution in [0.25, 0.3) is 27.5 Å². The van der Waals surface area contributed by atoms with E-state index in [9.17, 15) is 5.72 Å². The van der Waals surface area contributed by atoms with Crippen LogP contribution < -0.4 is 16.4 Å². The van der Waals surface area contributed by atoms with Crippen LogP contribution in [-0.2, 0) is 5.41 Å². The molecular weight excluding hydrogens is 693 g/mol. The predicted molar refractivity (Wildman–Crippen MR) is 158 cm³/mol. The number of nitrogens with zero attached hydrogens (tertiary/aromatic N) is 2. The molecule has 0 saturated carbocycles. The molecule has 5 aromatic rings. The van der Waals surface area contributed by atoms with Crippen LogP contribution in [0.1, 0.15) is 25.0 Å². The average Bonchev–Trinajstić information content (AvgIpc) is 3.19. The summed E-state index contributed by atoms with van der Waals surface area (Å²) in [6.07, 6.45) is 0. The molecule has 3 heterocycles. The standard InChI is InChI=1S/C27H19BF4I2N2/c1-27(2)17-10-4-5-11-19(17)28-20-12-6-8-14-23(20)36-22-13-7-3-9-16(22)24-21(34(31,32)35-33(29)30)15-18(27)25(28)26(24)36/h3-15H,1-2H3. The quantitative estimate of drug-likeness (QED) is 0.100. The average molecular weight is 712 g/mol. The van der Waals surface area contributed by atoms with Gasteiger partial charge in [0.05, 0.1) is 0 Å². The molecule has 0 bridgehead atoms. The Morgan fingerprint density at radius 2 is 1.53 bits per heavy atom. The minimum absolute atomic E-state index is 0.128. The molecule has 0 unspecified atom stereocenters. The van der Waals surface area contributed by atoms with E-state index in [-0.39, 0.29) is 10.3 Å². The van der Waals surface area contributed by atoms with Gasteiger partial charge in [0.2, 0.25) is 0 Å². The van der Waals surface area contributed by atoms with Gasteiger partial charge in [-0.2, -0.15) is 0 Å². The van der Waals surface area contributed by atoms with E-state index >= 15 is 5.72 Å². The van der Waals surface area contributed by atoms with E-state index < -0.39 is 46.1 Å². The summed E-state index contributed by atoms with van der Waals surface area (Å²) >= 11 is -11.3. The number of para-hydroxylation sites is 2. The third kappa shape index (κ3) is 2.89. The SMILES string of the molecule is CC1(C)c2ccccc2B2c3ccccc3-n3c4ccccc4c4c(I(F)(F)=NI(F)F)cc1c2c43. The molecule has 2 aliphatic rings. The zero-order chi connectivity index (χ0) is 25.0. The molecule has 0 spiro atoms. The second-order valence-corrected chi connectivity index (χ2v) is 17.1. The van der Waals surface area contributed by atoms with Crippen molar-refractivity contribution < 1.29 is 11.4 Å². The Morgan fingerprint density at radius 1 is 0.861 bits per heavy atom. The van der Waals surface area contributed by atoms with E-state index in [0.29, 0.717) is 16.3 Å². The van der Waals surface area contributed by atoms with Gasteiger partial charge in [-0.05, 0) is 0 Å². The minimum atomic E-state index is -6.31. The molecule has 2 aliphatic heterocycles. The molecule has 0 aliphatic carbocycles. The van der Waals surface area contributed by atoms with E-state index in [1.165, 1.54) is 0 Å². The van der Waals surface area contributed by atoms with E-state index in [1.807, 2.05) is 68.4 Å². The van der Waals surface area contributed by atoms with Gasteiger partial charge in [-0.3, -0.25) is 0 Å². The Kier molecular flexibility index (Phi) is 4.85. The number of hydrogen-bond donors (Lipinski definition) is 0. The summed E-state index contributed by atoms with van der Waals surface area (Å²) in [5.74, 6) is 0. The fraction of sp³-hybridized carbons (Fsp3) is 0.111. The molecule has 9 heteroatoms. The van der Waals surface area contributed by atoms with E-state index in [4.69, 9.17) is 0 Å². The van der Waals surface area contributed by atoms with E-state index in [2.05, 4.69) is 24.1 Å². The molecule has 0 radical (unpaired) electrons. The molecule has 2 nitrogen and oxygen atoms in total. The van der Waals surface area contributed by atoms with Crippen molar-refractivity contribution in [1.29, 1.82) is 0 Å². The first kappa shape index (κ1) is 22.9. The van der Waals surface area contributed by atoms with Gasteiger partial charge >= 0.3 is 221 Å². The molecule has 1 aromatic heterocycles. The van der Waals surface area contributed by atoms with Crippen molar-refractivity contribution in [1.82, 2.24) is 4.57 Å². The molecule has 0 amide bonds. The fourth-order valence-electron chi connectivity index (χ4n) is 6.35. The molecule has 0 N–H and O–H groups in total. The molecule has 0 atom stereocenters. The van der Waals surface area contributed by atoms with Gasteiger partial charge in [-0.1, -0.05) is 0 Å². The summed E-state index contributed by atoms with van der Waals surface area (Å²) in [6.45, 7) is 3.96. The first-order valence-corrected chi connectivity index (χ1v) is 17.7. The number of halogens is 6. The second kappa shape index (κ2) is 7.62. The van der Waals surface area contributed by atoms with Gasteiger partial charge in [-0.25, -0.2) is 0 Å². The maximum atomic E-state index is 15.8. The van der Waals surface area contributed by atoms with Gasteiger partial charge < -0.3 is 0 Å². The van der Waals surface area contributed by atoms with Crippen LogP contribution in [0.3, 0.4) is 0 Å². The topological polar surface area (TPSA) is 17.3 Å². The summed E-state index contributed by atoms with van der Waals surface area (Å²) in [6, 6.07) is 25.3. The first-order chi connectivity index (χ1) is 17.2. The predicted octanol–water partition coefficient (Wildman–Crippen LogP) is 7.61. The van der Waals surface area contributed by atoms with Crippen molar-refractivity contribution in [3.8, 4) is 5.69 Å². The zero-order valence-corrected chi connectivity index (χ0v) is 23.6. The monoisotopic (exact) mass is 712 g/mol. The number of rotatable bonds is 2. The molecule has 36 heavy (non-hydrogen) atoms. The number of hydrogen-bond acceptors (Lipinski definition) is 1. The molecule has 4 aromatic carbocycles. The van der Waals surface area contributed by atoms with Crippen LogP contribution in [0.15, 0.2) is 80.2 Å². The Hall–Kier alpha value is -2.28. The van der Waals surface area contributed by atoms with Crippen molar-refractivity contribution >= 4 is 85.6 Å². The van der Waals surface area contributed by atoms with Crippen LogP contribution in [0.5, 0.6) is 0 Å². The van der Waals surface area contributed by atoms with E-state index in [1.54, 1.807) is 6.07 Å². The Labute approximate surface area is 220 Å². The van der Waals surface area contributed by atoms with Crippen LogP contribution >= 0.6 is 40.6 Å². The summed E-state index contributed by atoms with van der Waals surface area (Å²) in [7, 11) is 0. The Bertz CT molecular complexity index is 1810. The second-order valence-electron chi connectivity index (χ2n) is 9.75. The summed E-state index contributed by atoms with van der Waals surface area (Å²) in [5.41, 5.74) is 7.00. The number of aromatic nitrogens is 1. The third-order valence-electron chi connectivity index (χ3n) is 7.70. The molecule has 0 saturated heterocycles. The zero-order valence-electron chi connectivity index (χ0n) is 19.2. The van der Waals surface area contributed by atoms with Crippen molar-refractivity contribution in [2.75, 3.05) is 0 Å². The summed E-state index contributed by atoms with van der Waals surface area (Å²) < 4.78 is 63.2. The maximum absolute atomic E-state index is 15.8. The van der Waals surface area contributed by atoms with Gasteiger partial charge in [0.15, 0.2) is 0 Å². The Morgan fingerprint density at radius 3 is 2.31 bits per heavy atom. The van der Waals surface area contributed by atoms with Gasteiger partial charge in [0, 0.05) is 0 Å². The molecular formula is C27H19BF4I2N2. The van der Waals surface area contributed by atoms with Crippen LogP contribution in [-0.4, -0.2) is 11.3 Å². The van der Waals surface area contributed by atoms with Gasteiger partial charge in [-0.15, -0.1) is 0 Å². The normalized spacial score (nSPS) is 16.1. The van der Waals surface area contributed by atoms with Crippen molar-refractivity contribution in [2.45, 2.75) is 19.3 Å². The van der Waals surface area contributed by atoms with Crippen molar-refractivity contribution in [3.05, 3.63) is 93.6 Å². The third-order valence-corrected chi connectivity index (χ3v) is 15.6. The summed E-state index contributed by atoms with van der Waals surface area (Å²) in [4.78, 5) is 0. The van der Waals surface area contributed by atoms with Crippen LogP contribution in [0.4, 0.5) is 11.4 Å². The Balaban J connectivity index is 1.79. The van der Waals surface area contributed by atoms with Crippen molar-refractivity contribution in [2.24, 2.45) is 1.36 Å². The van der Waals surface area contributed by atoms with Crippen LogP contribution in [0.2, 0.25) is 0 Å². The molecule has 7 rings (SSSR count). The van der Waals surface area contributed by atoms with Gasteiger partial charge in [0.25, 0.3) is 0 Å². The van der Waals surface area contributed by atoms with E-state index in [0.717, 1.165) is 38.7 Å².